The van der Waals surface area contributed by atoms with E-state index in [1.54, 1.807) is 36.1 Å². The Morgan fingerprint density at radius 2 is 1.77 bits per heavy atom. The van der Waals surface area contributed by atoms with Crippen LogP contribution in [0.5, 0.6) is 5.75 Å². The number of nitrogens with zero attached hydrogens (tertiary/aromatic N) is 1. The molecule has 1 aliphatic heterocycles. The molecule has 1 heterocycles. The monoisotopic (exact) mass is 400 g/mol. The highest BCUT2D eigenvalue weighted by molar-refractivity contribution is 6.07. The third-order valence-corrected chi connectivity index (χ3v) is 5.20. The predicted molar refractivity (Wildman–Crippen MR) is 118 cm³/mol. The minimum atomic E-state index is -0.644. The first-order valence-electron chi connectivity index (χ1n) is 10.1. The van der Waals surface area contributed by atoms with E-state index in [0.29, 0.717) is 23.5 Å². The Morgan fingerprint density at radius 1 is 1.00 bits per heavy atom. The van der Waals surface area contributed by atoms with E-state index in [2.05, 4.69) is 11.4 Å². The number of rotatable bonds is 5. The van der Waals surface area contributed by atoms with Crippen LogP contribution in [0.2, 0.25) is 0 Å². The molecule has 4 rings (SSSR count). The standard InChI is InChI=1S/C25H24N2O3/c1-17-6-5-8-22(16-17)30-18(2)24(28)26-21-12-10-20(11-13-21)25(29)27-15-14-19-7-3-4-9-23(19)27/h3-13,16,18H,14-15H2,1-2H3,(H,26,28). The number of aryl methyl sites for hydroxylation is 1. The van der Waals surface area contributed by atoms with Crippen LogP contribution in [0.1, 0.15) is 28.4 Å². The van der Waals surface area contributed by atoms with Gasteiger partial charge in [0.2, 0.25) is 0 Å². The van der Waals surface area contributed by atoms with Crippen LogP contribution in [0.4, 0.5) is 11.4 Å². The fraction of sp³-hybridized carbons (Fsp3) is 0.200. The molecule has 0 aromatic heterocycles. The lowest BCUT2D eigenvalue weighted by Gasteiger charge is -2.18. The van der Waals surface area contributed by atoms with Crippen molar-refractivity contribution >= 4 is 23.2 Å². The third kappa shape index (κ3) is 4.20. The maximum Gasteiger partial charge on any atom is 0.265 e. The summed E-state index contributed by atoms with van der Waals surface area (Å²) in [6.07, 6.45) is 0.226. The lowest BCUT2D eigenvalue weighted by atomic mass is 10.1. The molecule has 0 saturated carbocycles. The SMILES string of the molecule is Cc1cccc(OC(C)C(=O)Nc2ccc(C(=O)N3CCc4ccccc43)cc2)c1. The van der Waals surface area contributed by atoms with Gasteiger partial charge in [-0.05, 0) is 73.9 Å². The molecule has 5 nitrogen and oxygen atoms in total. The van der Waals surface area contributed by atoms with E-state index in [1.807, 2.05) is 49.4 Å². The van der Waals surface area contributed by atoms with Crippen molar-refractivity contribution in [3.8, 4) is 5.75 Å². The molecular formula is C25H24N2O3. The Balaban J connectivity index is 1.39. The number of para-hydroxylation sites is 1. The second kappa shape index (κ2) is 8.41. The molecule has 1 N–H and O–H groups in total. The molecule has 152 valence electrons. The lowest BCUT2D eigenvalue weighted by Crippen LogP contribution is -2.30. The molecule has 0 bridgehead atoms. The number of carbonyl (C=O) groups is 2. The van der Waals surface area contributed by atoms with Crippen LogP contribution in [-0.2, 0) is 11.2 Å². The number of ether oxygens (including phenoxy) is 1. The predicted octanol–water partition coefficient (Wildman–Crippen LogP) is 4.60. The van der Waals surface area contributed by atoms with Gasteiger partial charge < -0.3 is 15.0 Å². The maximum atomic E-state index is 12.9. The van der Waals surface area contributed by atoms with Crippen LogP contribution < -0.4 is 15.0 Å². The number of amides is 2. The molecule has 1 atom stereocenters. The highest BCUT2D eigenvalue weighted by Gasteiger charge is 2.25. The van der Waals surface area contributed by atoms with Crippen LogP contribution in [0.3, 0.4) is 0 Å². The van der Waals surface area contributed by atoms with Gasteiger partial charge in [-0.25, -0.2) is 0 Å². The van der Waals surface area contributed by atoms with Gasteiger partial charge in [0, 0.05) is 23.5 Å². The van der Waals surface area contributed by atoms with E-state index in [-0.39, 0.29) is 11.8 Å². The summed E-state index contributed by atoms with van der Waals surface area (Å²) >= 11 is 0. The molecule has 0 spiro atoms. The van der Waals surface area contributed by atoms with Gasteiger partial charge in [0.25, 0.3) is 11.8 Å². The fourth-order valence-corrected chi connectivity index (χ4v) is 3.59. The van der Waals surface area contributed by atoms with Gasteiger partial charge in [0.15, 0.2) is 6.10 Å². The highest BCUT2D eigenvalue weighted by atomic mass is 16.5. The van der Waals surface area contributed by atoms with E-state index >= 15 is 0 Å². The number of carbonyl (C=O) groups excluding carboxylic acids is 2. The first-order chi connectivity index (χ1) is 14.5. The average molecular weight is 400 g/mol. The molecule has 30 heavy (non-hydrogen) atoms. The number of nitrogens with one attached hydrogen (secondary N) is 1. The zero-order valence-corrected chi connectivity index (χ0v) is 17.1. The van der Waals surface area contributed by atoms with Crippen molar-refractivity contribution in [3.63, 3.8) is 0 Å². The number of benzene rings is 3. The summed E-state index contributed by atoms with van der Waals surface area (Å²) < 4.78 is 5.72. The quantitative estimate of drug-likeness (QED) is 0.681. The maximum absolute atomic E-state index is 12.9. The van der Waals surface area contributed by atoms with Crippen molar-refractivity contribution in [2.24, 2.45) is 0 Å². The van der Waals surface area contributed by atoms with E-state index < -0.39 is 6.10 Å². The van der Waals surface area contributed by atoms with Crippen LogP contribution in [0.25, 0.3) is 0 Å². The first kappa shape index (κ1) is 19.7. The molecule has 0 radical (unpaired) electrons. The lowest BCUT2D eigenvalue weighted by molar-refractivity contribution is -0.122. The summed E-state index contributed by atoms with van der Waals surface area (Å²) in [6.45, 7) is 4.37. The van der Waals surface area contributed by atoms with Crippen LogP contribution in [-0.4, -0.2) is 24.5 Å². The molecule has 3 aromatic rings. The van der Waals surface area contributed by atoms with Gasteiger partial charge in [-0.2, -0.15) is 0 Å². The molecule has 1 aliphatic rings. The molecule has 0 fully saturated rings. The normalized spacial score (nSPS) is 13.5. The summed E-state index contributed by atoms with van der Waals surface area (Å²) in [5.74, 6) is 0.377. The average Bonchev–Trinajstić information content (AvgIpc) is 3.18. The van der Waals surface area contributed by atoms with Crippen LogP contribution >= 0.6 is 0 Å². The van der Waals surface area contributed by atoms with E-state index in [4.69, 9.17) is 4.74 Å². The van der Waals surface area contributed by atoms with Crippen LogP contribution in [0, 0.1) is 6.92 Å². The summed E-state index contributed by atoms with van der Waals surface area (Å²) in [4.78, 5) is 27.2. The Bertz CT molecular complexity index is 1080. The molecule has 2 amide bonds. The topological polar surface area (TPSA) is 58.6 Å². The Hall–Kier alpha value is -3.60. The zero-order valence-electron chi connectivity index (χ0n) is 17.1. The van der Waals surface area contributed by atoms with Crippen molar-refractivity contribution in [3.05, 3.63) is 89.5 Å². The van der Waals surface area contributed by atoms with Gasteiger partial charge in [-0.1, -0.05) is 30.3 Å². The summed E-state index contributed by atoms with van der Waals surface area (Å²) in [7, 11) is 0. The van der Waals surface area contributed by atoms with Gasteiger partial charge in [0.05, 0.1) is 0 Å². The number of hydrogen-bond acceptors (Lipinski definition) is 3. The number of hydrogen-bond donors (Lipinski definition) is 1. The molecule has 0 saturated heterocycles. The van der Waals surface area contributed by atoms with E-state index in [1.165, 1.54) is 5.56 Å². The highest BCUT2D eigenvalue weighted by Crippen LogP contribution is 2.29. The van der Waals surface area contributed by atoms with Crippen molar-refractivity contribution in [1.29, 1.82) is 0 Å². The van der Waals surface area contributed by atoms with E-state index in [0.717, 1.165) is 17.7 Å². The van der Waals surface area contributed by atoms with Crippen molar-refractivity contribution in [1.82, 2.24) is 0 Å². The summed E-state index contributed by atoms with van der Waals surface area (Å²) in [6, 6.07) is 22.5. The second-order valence-electron chi connectivity index (χ2n) is 7.48. The van der Waals surface area contributed by atoms with Crippen molar-refractivity contribution in [2.75, 3.05) is 16.8 Å². The summed E-state index contributed by atoms with van der Waals surface area (Å²) in [5, 5.41) is 2.84. The smallest absolute Gasteiger partial charge is 0.265 e. The Labute approximate surface area is 176 Å². The van der Waals surface area contributed by atoms with Gasteiger partial charge in [0.1, 0.15) is 5.75 Å². The zero-order chi connectivity index (χ0) is 21.1. The van der Waals surface area contributed by atoms with Gasteiger partial charge in [-0.15, -0.1) is 0 Å². The Morgan fingerprint density at radius 3 is 2.53 bits per heavy atom. The number of fused-ring (bicyclic) bond motifs is 1. The fourth-order valence-electron chi connectivity index (χ4n) is 3.59. The summed E-state index contributed by atoms with van der Waals surface area (Å²) in [5.41, 5.74) is 4.45. The molecule has 3 aromatic carbocycles. The first-order valence-corrected chi connectivity index (χ1v) is 10.1. The van der Waals surface area contributed by atoms with Crippen LogP contribution in [0.15, 0.2) is 72.8 Å². The van der Waals surface area contributed by atoms with Gasteiger partial charge >= 0.3 is 0 Å². The minimum Gasteiger partial charge on any atom is -0.481 e. The molecular weight excluding hydrogens is 376 g/mol. The van der Waals surface area contributed by atoms with Crippen molar-refractivity contribution in [2.45, 2.75) is 26.4 Å². The van der Waals surface area contributed by atoms with Crippen molar-refractivity contribution < 1.29 is 14.3 Å². The Kier molecular flexibility index (Phi) is 5.53. The molecule has 0 aliphatic carbocycles. The van der Waals surface area contributed by atoms with E-state index in [9.17, 15) is 9.59 Å². The largest absolute Gasteiger partial charge is 0.481 e. The minimum absolute atomic E-state index is 0.0334. The second-order valence-corrected chi connectivity index (χ2v) is 7.48. The molecule has 1 unspecified atom stereocenters. The number of anilines is 2. The molecule has 5 heteroatoms. The van der Waals surface area contributed by atoms with Gasteiger partial charge in [-0.3, -0.25) is 9.59 Å². The third-order valence-electron chi connectivity index (χ3n) is 5.20.